The fourth-order valence-electron chi connectivity index (χ4n) is 8.13. The van der Waals surface area contributed by atoms with Crippen molar-refractivity contribution in [2.75, 3.05) is 21.7 Å². The molecule has 2 aromatic rings. The number of nitriles is 1. The van der Waals surface area contributed by atoms with E-state index in [2.05, 4.69) is 4.85 Å². The summed E-state index contributed by atoms with van der Waals surface area (Å²) in [7, 11) is -7.92. The van der Waals surface area contributed by atoms with E-state index in [1.54, 1.807) is 0 Å². The molecule has 0 saturated carbocycles. The van der Waals surface area contributed by atoms with Crippen molar-refractivity contribution in [1.29, 1.82) is 5.26 Å². The van der Waals surface area contributed by atoms with Crippen LogP contribution in [0.4, 0.5) is 43.4 Å². The van der Waals surface area contributed by atoms with Crippen LogP contribution in [0, 0.1) is 29.7 Å². The predicted octanol–water partition coefficient (Wildman–Crippen LogP) is 3.17. The third-order valence-electron chi connectivity index (χ3n) is 10.3. The Balaban J connectivity index is 0.000000157. The van der Waals surface area contributed by atoms with Crippen LogP contribution in [0.3, 0.4) is 0 Å². The van der Waals surface area contributed by atoms with E-state index >= 15 is 0 Å². The van der Waals surface area contributed by atoms with Crippen LogP contribution in [0.2, 0.25) is 0 Å². The Morgan fingerprint density at radius 2 is 1.22 bits per heavy atom. The molecular weight excluding hydrogens is 722 g/mol. The Morgan fingerprint density at radius 3 is 1.64 bits per heavy atom. The van der Waals surface area contributed by atoms with Crippen molar-refractivity contribution in [1.82, 2.24) is 0 Å². The average Bonchev–Trinajstić information content (AvgIpc) is 3.86. The topological polar surface area (TPSA) is 162 Å². The maximum absolute atomic E-state index is 13.1. The van der Waals surface area contributed by atoms with Gasteiger partial charge in [-0.1, -0.05) is 6.07 Å². The molecule has 50 heavy (non-hydrogen) atoms. The lowest BCUT2D eigenvalue weighted by Crippen LogP contribution is -2.42. The summed E-state index contributed by atoms with van der Waals surface area (Å²) in [6.45, 7) is 6.87. The van der Waals surface area contributed by atoms with E-state index in [0.717, 1.165) is 20.7 Å². The summed E-state index contributed by atoms with van der Waals surface area (Å²) >= 11 is 0. The molecule has 10 atom stereocenters. The second-order valence-corrected chi connectivity index (χ2v) is 17.0. The van der Waals surface area contributed by atoms with Gasteiger partial charge in [-0.2, -0.15) is 31.6 Å². The van der Waals surface area contributed by atoms with Crippen molar-refractivity contribution in [2.24, 2.45) is 11.8 Å². The van der Waals surface area contributed by atoms with E-state index in [0.29, 0.717) is 25.0 Å². The Labute approximate surface area is 281 Å². The van der Waals surface area contributed by atoms with E-state index in [9.17, 15) is 53.4 Å². The molecule has 8 rings (SSSR count). The molecule has 6 aliphatic heterocycles. The Hall–Kier alpha value is -3.66. The summed E-state index contributed by atoms with van der Waals surface area (Å²) in [4.78, 5) is 2.85. The van der Waals surface area contributed by atoms with Crippen LogP contribution in [-0.2, 0) is 41.9 Å². The number of fused-ring (bicyclic) bond motifs is 10. The number of rotatable bonds is 2. The molecule has 6 heterocycles. The molecule has 6 saturated heterocycles. The quantitative estimate of drug-likeness (QED) is 0.347. The number of sulfonamides is 2. The van der Waals surface area contributed by atoms with Crippen LogP contribution in [-0.4, -0.2) is 87.3 Å². The highest BCUT2D eigenvalue weighted by molar-refractivity contribution is 7.94. The highest BCUT2D eigenvalue weighted by atomic mass is 32.2. The SMILES string of the molecule is N#Cc1ccc(N2C[C@H]3[C@H]([C@H]4O[C@@H]3C[C@H]4O)S2(=O)=O)cc1C(F)(F)F.[C-]#[N+]c1ccc(N2C[C@H]3[C@H]([C@@H]4O[C@H]3C[C@@H]4O)S2(=O)=O)cc1C(F)(F)F. The zero-order chi connectivity index (χ0) is 36.3. The zero-order valence-corrected chi connectivity index (χ0v) is 26.9. The van der Waals surface area contributed by atoms with Crippen LogP contribution in [0.1, 0.15) is 29.5 Å². The van der Waals surface area contributed by atoms with Crippen LogP contribution < -0.4 is 8.61 Å². The van der Waals surface area contributed by atoms with Gasteiger partial charge in [0.2, 0.25) is 20.0 Å². The molecule has 0 amide bonds. The highest BCUT2D eigenvalue weighted by Crippen LogP contribution is 2.51. The third-order valence-corrected chi connectivity index (χ3v) is 14.8. The lowest BCUT2D eigenvalue weighted by Gasteiger charge is -2.23. The van der Waals surface area contributed by atoms with Gasteiger partial charge in [0.25, 0.3) is 0 Å². The van der Waals surface area contributed by atoms with Gasteiger partial charge >= 0.3 is 12.4 Å². The molecule has 0 aliphatic carbocycles. The monoisotopic (exact) mass is 748 g/mol. The predicted molar refractivity (Wildman–Crippen MR) is 160 cm³/mol. The molecule has 4 bridgehead atoms. The van der Waals surface area contributed by atoms with Crippen LogP contribution in [0.5, 0.6) is 0 Å². The minimum atomic E-state index is -4.77. The summed E-state index contributed by atoms with van der Waals surface area (Å²) < 4.78 is 143. The highest BCUT2D eigenvalue weighted by Gasteiger charge is 2.65. The maximum Gasteiger partial charge on any atom is 0.417 e. The summed E-state index contributed by atoms with van der Waals surface area (Å²) in [5.74, 6) is -0.767. The van der Waals surface area contributed by atoms with Gasteiger partial charge in [-0.3, -0.25) is 8.61 Å². The van der Waals surface area contributed by atoms with Crippen LogP contribution in [0.25, 0.3) is 4.85 Å². The number of benzene rings is 2. The first kappa shape index (κ1) is 34.8. The van der Waals surface area contributed by atoms with E-state index in [4.69, 9.17) is 21.3 Å². The van der Waals surface area contributed by atoms with Gasteiger partial charge in [-0.25, -0.2) is 21.7 Å². The Morgan fingerprint density at radius 1 is 0.780 bits per heavy atom. The second-order valence-electron chi connectivity index (χ2n) is 12.9. The first-order chi connectivity index (χ1) is 23.3. The lowest BCUT2D eigenvalue weighted by atomic mass is 9.87. The molecule has 12 nitrogen and oxygen atoms in total. The summed E-state index contributed by atoms with van der Waals surface area (Å²) in [6.07, 6.45) is -13.1. The summed E-state index contributed by atoms with van der Waals surface area (Å²) in [5.41, 5.74) is -3.72. The number of aliphatic hydroxyl groups is 2. The number of anilines is 2. The Bertz CT molecular complexity index is 1900. The van der Waals surface area contributed by atoms with E-state index in [-0.39, 0.29) is 36.3 Å². The summed E-state index contributed by atoms with van der Waals surface area (Å²) in [6, 6.07) is 7.22. The van der Waals surface area contributed by atoms with Crippen molar-refractivity contribution >= 4 is 37.1 Å². The number of halogens is 6. The van der Waals surface area contributed by atoms with E-state index in [1.807, 2.05) is 0 Å². The van der Waals surface area contributed by atoms with Crippen molar-refractivity contribution in [3.05, 3.63) is 64.5 Å². The summed E-state index contributed by atoms with van der Waals surface area (Å²) in [5, 5.41) is 26.7. The van der Waals surface area contributed by atoms with Crippen molar-refractivity contribution in [2.45, 2.75) is 72.3 Å². The second kappa shape index (κ2) is 11.4. The number of nitrogens with zero attached hydrogens (tertiary/aromatic N) is 4. The first-order valence-electron chi connectivity index (χ1n) is 15.2. The number of hydrogen-bond acceptors (Lipinski definition) is 9. The molecule has 0 unspecified atom stereocenters. The molecule has 6 fully saturated rings. The van der Waals surface area contributed by atoms with Crippen molar-refractivity contribution in [3.63, 3.8) is 0 Å². The van der Waals surface area contributed by atoms with Crippen molar-refractivity contribution < 1.29 is 62.9 Å². The zero-order valence-electron chi connectivity index (χ0n) is 25.3. The Kier molecular flexibility index (Phi) is 7.94. The van der Waals surface area contributed by atoms with E-state index < -0.39 is 102 Å². The van der Waals surface area contributed by atoms with Crippen LogP contribution in [0.15, 0.2) is 36.4 Å². The van der Waals surface area contributed by atoms with Gasteiger partial charge in [0.15, 0.2) is 5.69 Å². The molecule has 268 valence electrons. The van der Waals surface area contributed by atoms with Crippen LogP contribution >= 0.6 is 0 Å². The lowest BCUT2D eigenvalue weighted by molar-refractivity contribution is -0.138. The molecule has 0 spiro atoms. The minimum absolute atomic E-state index is 0.00405. The maximum atomic E-state index is 13.1. The number of ether oxygens (including phenoxy) is 2. The molecule has 20 heteroatoms. The van der Waals surface area contributed by atoms with Gasteiger partial charge in [0.05, 0.1) is 59.4 Å². The largest absolute Gasteiger partial charge is 0.417 e. The fourth-order valence-corrected chi connectivity index (χ4v) is 12.9. The molecule has 2 N–H and O–H groups in total. The number of aliphatic hydroxyl groups excluding tert-OH is 2. The standard InChI is InChI=1S/2C15H13F3N2O4S/c1-19-10-3-2-7(4-9(10)15(16,17)18)20-6-8-12-5-11(21)13(24-12)14(8)25(20,22)23;16-15(17,18)10-3-8(2-1-7(10)5-19)20-6-9-12-4-11(21)13(24-12)14(9)25(20,22)23/h2-4,8,11-14,21H,5-6H2;1-3,9,11-14,21H,4,6H2/t8-,11+,12+,13-,14-;9-,11-,12-,13+,14-/m11/s1. The van der Waals surface area contributed by atoms with Gasteiger partial charge in [-0.05, 0) is 30.3 Å². The number of hydrogen-bond donors (Lipinski definition) is 2. The molecular formula is C30H26F6N4O8S2. The number of alkyl halides is 6. The molecule has 6 aliphatic rings. The molecule has 0 radical (unpaired) electrons. The fraction of sp³-hybridized carbons (Fsp3) is 0.533. The smallest absolute Gasteiger partial charge is 0.390 e. The van der Waals surface area contributed by atoms with Gasteiger partial charge in [0, 0.05) is 43.5 Å². The normalized spacial score (nSPS) is 35.6. The molecule has 0 aromatic heterocycles. The van der Waals surface area contributed by atoms with Crippen molar-refractivity contribution in [3.8, 4) is 6.07 Å². The average molecular weight is 749 g/mol. The third kappa shape index (κ3) is 5.22. The van der Waals surface area contributed by atoms with Gasteiger partial charge in [-0.15, -0.1) is 0 Å². The van der Waals surface area contributed by atoms with E-state index in [1.165, 1.54) is 18.2 Å². The van der Waals surface area contributed by atoms with Gasteiger partial charge < -0.3 is 19.7 Å². The van der Waals surface area contributed by atoms with Gasteiger partial charge in [0.1, 0.15) is 22.7 Å². The first-order valence-corrected chi connectivity index (χ1v) is 18.2. The minimum Gasteiger partial charge on any atom is -0.390 e. The molecule has 2 aromatic carbocycles.